The lowest BCUT2D eigenvalue weighted by atomic mass is 10.2. The summed E-state index contributed by atoms with van der Waals surface area (Å²) in [5.74, 6) is -0.549. The molecule has 0 saturated carbocycles. The zero-order valence-electron chi connectivity index (χ0n) is 18.7. The molecule has 1 aromatic heterocycles. The van der Waals surface area contributed by atoms with E-state index in [0.29, 0.717) is 29.3 Å². The molecule has 0 aliphatic rings. The molecule has 4 nitrogen and oxygen atoms in total. The van der Waals surface area contributed by atoms with Gasteiger partial charge in [0.25, 0.3) is 0 Å². The molecule has 0 unspecified atom stereocenters. The molecule has 0 atom stereocenters. The molecule has 0 aliphatic carbocycles. The van der Waals surface area contributed by atoms with E-state index < -0.39 is 11.6 Å². The molecule has 2 aromatic carbocycles. The maximum atomic E-state index is 14.2. The van der Waals surface area contributed by atoms with Crippen LogP contribution < -0.4 is 4.90 Å². The predicted octanol–water partition coefficient (Wildman–Crippen LogP) is 6.13. The third-order valence-corrected chi connectivity index (χ3v) is 7.42. The van der Waals surface area contributed by atoms with Gasteiger partial charge in [-0.15, -0.1) is 11.8 Å². The van der Waals surface area contributed by atoms with Crippen molar-refractivity contribution in [3.05, 3.63) is 53.6 Å². The van der Waals surface area contributed by atoms with Crippen molar-refractivity contribution in [3.8, 4) is 0 Å². The van der Waals surface area contributed by atoms with Gasteiger partial charge in [0.2, 0.25) is 5.91 Å². The molecule has 8 heteroatoms. The maximum absolute atomic E-state index is 14.2. The number of rotatable bonds is 11. The number of likely N-dealkylation sites (N-methyl/N-ethyl adjacent to an activating group) is 1. The van der Waals surface area contributed by atoms with E-state index in [2.05, 4.69) is 54.9 Å². The first-order chi connectivity index (χ1) is 15.4. The fourth-order valence-corrected chi connectivity index (χ4v) is 5.25. The second-order valence-corrected chi connectivity index (χ2v) is 9.75. The average molecular weight is 478 g/mol. The number of carbonyl (C=O) groups is 1. The fraction of sp³-hybridized carbons (Fsp3) is 0.417. The molecule has 0 spiro atoms. The Morgan fingerprint density at radius 3 is 2.50 bits per heavy atom. The molecular formula is C24H29F2N3OS2. The third kappa shape index (κ3) is 6.49. The number of aromatic nitrogens is 1. The number of benzene rings is 2. The Kier molecular flexibility index (Phi) is 9.02. The highest BCUT2D eigenvalue weighted by Crippen LogP contribution is 2.31. The van der Waals surface area contributed by atoms with E-state index in [-0.39, 0.29) is 11.4 Å². The molecule has 3 aromatic rings. The Balaban J connectivity index is 1.69. The van der Waals surface area contributed by atoms with Crippen LogP contribution in [-0.2, 0) is 4.79 Å². The number of hydrogen-bond donors (Lipinski definition) is 0. The molecule has 0 N–H and O–H groups in total. The van der Waals surface area contributed by atoms with Crippen molar-refractivity contribution < 1.29 is 13.6 Å². The van der Waals surface area contributed by atoms with E-state index >= 15 is 0 Å². The van der Waals surface area contributed by atoms with Crippen LogP contribution in [0.1, 0.15) is 32.3 Å². The SMILES string of the molecule is CCN(CC)CCN(C(=O)CCCSc1ccc(C)cc1)c1nc2c(F)cc(F)cc2s1. The standard InChI is InChI=1S/C24H29F2N3OS2/c1-4-28(5-2)12-13-29(24-27-23-20(26)15-18(25)16-21(23)32-24)22(30)7-6-14-31-19-10-8-17(3)9-11-19/h8-11,15-16H,4-7,12-14H2,1-3H3. The Labute approximate surface area is 196 Å². The van der Waals surface area contributed by atoms with Crippen LogP contribution in [0.25, 0.3) is 10.2 Å². The highest BCUT2D eigenvalue weighted by molar-refractivity contribution is 7.99. The van der Waals surface area contributed by atoms with E-state index in [9.17, 15) is 13.6 Å². The molecule has 32 heavy (non-hydrogen) atoms. The van der Waals surface area contributed by atoms with Gasteiger partial charge in [-0.3, -0.25) is 9.69 Å². The molecule has 1 amide bonds. The van der Waals surface area contributed by atoms with Gasteiger partial charge in [-0.05, 0) is 50.4 Å². The monoisotopic (exact) mass is 477 g/mol. The fourth-order valence-electron chi connectivity index (χ4n) is 3.35. The van der Waals surface area contributed by atoms with Gasteiger partial charge in [-0.25, -0.2) is 13.8 Å². The lowest BCUT2D eigenvalue weighted by Crippen LogP contribution is -2.38. The van der Waals surface area contributed by atoms with Crippen molar-refractivity contribution in [2.45, 2.75) is 38.5 Å². The lowest BCUT2D eigenvalue weighted by molar-refractivity contribution is -0.118. The highest BCUT2D eigenvalue weighted by atomic mass is 32.2. The van der Waals surface area contributed by atoms with Crippen LogP contribution >= 0.6 is 23.1 Å². The van der Waals surface area contributed by atoms with Crippen LogP contribution in [-0.4, -0.2) is 47.7 Å². The molecule has 0 radical (unpaired) electrons. The Morgan fingerprint density at radius 1 is 1.09 bits per heavy atom. The number of hydrogen-bond acceptors (Lipinski definition) is 5. The number of fused-ring (bicyclic) bond motifs is 1. The van der Waals surface area contributed by atoms with Crippen LogP contribution in [0, 0.1) is 18.6 Å². The zero-order chi connectivity index (χ0) is 23.1. The summed E-state index contributed by atoms with van der Waals surface area (Å²) >= 11 is 2.88. The van der Waals surface area contributed by atoms with Gasteiger partial charge in [0.15, 0.2) is 10.9 Å². The van der Waals surface area contributed by atoms with Crippen LogP contribution in [0.5, 0.6) is 0 Å². The minimum absolute atomic E-state index is 0.0402. The molecule has 172 valence electrons. The summed E-state index contributed by atoms with van der Waals surface area (Å²) in [7, 11) is 0. The number of halogens is 2. The number of carbonyl (C=O) groups excluding carboxylic acids is 1. The number of thioether (sulfide) groups is 1. The van der Waals surface area contributed by atoms with Crippen molar-refractivity contribution in [2.24, 2.45) is 0 Å². The number of amides is 1. The van der Waals surface area contributed by atoms with Gasteiger partial charge in [0, 0.05) is 30.5 Å². The number of thiazole rings is 1. The summed E-state index contributed by atoms with van der Waals surface area (Å²) in [6.07, 6.45) is 1.11. The van der Waals surface area contributed by atoms with Gasteiger partial charge in [-0.2, -0.15) is 0 Å². The lowest BCUT2D eigenvalue weighted by Gasteiger charge is -2.24. The third-order valence-electron chi connectivity index (χ3n) is 5.29. The average Bonchev–Trinajstić information content (AvgIpc) is 3.19. The first-order valence-corrected chi connectivity index (χ1v) is 12.7. The summed E-state index contributed by atoms with van der Waals surface area (Å²) in [5, 5.41) is 0.424. The highest BCUT2D eigenvalue weighted by Gasteiger charge is 2.21. The topological polar surface area (TPSA) is 36.4 Å². The van der Waals surface area contributed by atoms with Gasteiger partial charge in [0.05, 0.1) is 4.70 Å². The van der Waals surface area contributed by atoms with E-state index in [1.807, 2.05) is 0 Å². The normalized spacial score (nSPS) is 11.4. The Morgan fingerprint density at radius 2 is 1.81 bits per heavy atom. The quantitative estimate of drug-likeness (QED) is 0.246. The molecule has 0 bridgehead atoms. The van der Waals surface area contributed by atoms with Crippen LogP contribution in [0.15, 0.2) is 41.3 Å². The smallest absolute Gasteiger partial charge is 0.228 e. The van der Waals surface area contributed by atoms with Crippen molar-refractivity contribution >= 4 is 44.4 Å². The molecule has 0 aliphatic heterocycles. The molecule has 3 rings (SSSR count). The van der Waals surface area contributed by atoms with Crippen molar-refractivity contribution in [1.29, 1.82) is 0 Å². The predicted molar refractivity (Wildman–Crippen MR) is 131 cm³/mol. The maximum Gasteiger partial charge on any atom is 0.228 e. The van der Waals surface area contributed by atoms with Crippen LogP contribution in [0.2, 0.25) is 0 Å². The van der Waals surface area contributed by atoms with Crippen molar-refractivity contribution in [3.63, 3.8) is 0 Å². The van der Waals surface area contributed by atoms with E-state index in [0.717, 1.165) is 42.7 Å². The molecule has 0 saturated heterocycles. The second-order valence-electron chi connectivity index (χ2n) is 7.57. The summed E-state index contributed by atoms with van der Waals surface area (Å²) in [6.45, 7) is 9.14. The van der Waals surface area contributed by atoms with Crippen molar-refractivity contribution in [2.75, 3.05) is 36.8 Å². The minimum atomic E-state index is -0.701. The minimum Gasteiger partial charge on any atom is -0.302 e. The molecular weight excluding hydrogens is 448 g/mol. The number of anilines is 1. The zero-order valence-corrected chi connectivity index (χ0v) is 20.4. The number of nitrogens with zero attached hydrogens (tertiary/aromatic N) is 3. The van der Waals surface area contributed by atoms with Gasteiger partial charge < -0.3 is 4.90 Å². The van der Waals surface area contributed by atoms with Crippen LogP contribution in [0.3, 0.4) is 0 Å². The Bertz CT molecular complexity index is 1040. The Hall–Kier alpha value is -2.03. The first-order valence-electron chi connectivity index (χ1n) is 10.9. The molecule has 0 fully saturated rings. The summed E-state index contributed by atoms with van der Waals surface area (Å²) in [4.78, 5) is 22.5. The van der Waals surface area contributed by atoms with Gasteiger partial charge in [-0.1, -0.05) is 42.9 Å². The second kappa shape index (κ2) is 11.7. The first kappa shape index (κ1) is 24.6. The van der Waals surface area contributed by atoms with E-state index in [1.54, 1.807) is 16.7 Å². The summed E-state index contributed by atoms with van der Waals surface area (Å²) in [5.41, 5.74) is 1.34. The van der Waals surface area contributed by atoms with Gasteiger partial charge >= 0.3 is 0 Å². The van der Waals surface area contributed by atoms with Crippen molar-refractivity contribution in [1.82, 2.24) is 9.88 Å². The largest absolute Gasteiger partial charge is 0.302 e. The molecule has 1 heterocycles. The van der Waals surface area contributed by atoms with E-state index in [1.165, 1.54) is 16.5 Å². The summed E-state index contributed by atoms with van der Waals surface area (Å²) in [6, 6.07) is 10.4. The van der Waals surface area contributed by atoms with Gasteiger partial charge in [0.1, 0.15) is 11.3 Å². The number of aryl methyl sites for hydroxylation is 1. The van der Waals surface area contributed by atoms with Crippen LogP contribution in [0.4, 0.5) is 13.9 Å². The summed E-state index contributed by atoms with van der Waals surface area (Å²) < 4.78 is 28.2. The van der Waals surface area contributed by atoms with E-state index in [4.69, 9.17) is 0 Å².